The van der Waals surface area contributed by atoms with Crippen LogP contribution in [0.3, 0.4) is 0 Å². The highest BCUT2D eigenvalue weighted by atomic mass is 35.5. The van der Waals surface area contributed by atoms with Gasteiger partial charge in [-0.2, -0.15) is 0 Å². The molecule has 2 amide bonds. The number of hydrogen-bond donors (Lipinski definition) is 1. The second kappa shape index (κ2) is 14.5. The van der Waals surface area contributed by atoms with E-state index in [1.165, 1.54) is 24.0 Å². The molecule has 0 saturated heterocycles. The molecule has 3 aromatic carbocycles. The van der Waals surface area contributed by atoms with Crippen LogP contribution in [0.4, 0.5) is 5.69 Å². The zero-order valence-electron chi connectivity index (χ0n) is 23.1. The summed E-state index contributed by atoms with van der Waals surface area (Å²) in [4.78, 5) is 40.9. The molecule has 1 atom stereocenters. The van der Waals surface area contributed by atoms with Gasteiger partial charge in [0.05, 0.1) is 22.0 Å². The minimum atomic E-state index is -3.96. The Bertz CT molecular complexity index is 1500. The highest BCUT2D eigenvalue weighted by Crippen LogP contribution is 2.25. The Kier molecular flexibility index (Phi) is 11.3. The molecule has 3 rings (SSSR count). The van der Waals surface area contributed by atoms with E-state index in [9.17, 15) is 22.8 Å². The average molecular weight is 619 g/mol. The number of carbonyl (C=O) groups excluding carboxylic acids is 3. The summed E-state index contributed by atoms with van der Waals surface area (Å²) in [6.07, 6.45) is 1.88. The summed E-state index contributed by atoms with van der Waals surface area (Å²) in [7, 11) is -3.96. The van der Waals surface area contributed by atoms with Crippen LogP contribution in [0.1, 0.15) is 41.8 Å². The van der Waals surface area contributed by atoms with Crippen molar-refractivity contribution < 1.29 is 22.8 Å². The van der Waals surface area contributed by atoms with Gasteiger partial charge in [0, 0.05) is 25.1 Å². The summed E-state index contributed by atoms with van der Waals surface area (Å²) in [6.45, 7) is 3.08. The molecule has 41 heavy (non-hydrogen) atoms. The number of amides is 2. The van der Waals surface area contributed by atoms with E-state index >= 15 is 0 Å². The summed E-state index contributed by atoms with van der Waals surface area (Å²) in [6, 6.07) is 19.3. The van der Waals surface area contributed by atoms with Crippen LogP contribution in [-0.2, 0) is 32.6 Å². The van der Waals surface area contributed by atoms with Crippen molar-refractivity contribution in [3.8, 4) is 0 Å². The summed E-state index contributed by atoms with van der Waals surface area (Å²) >= 11 is 12.4. The van der Waals surface area contributed by atoms with Crippen molar-refractivity contribution >= 4 is 56.5 Å². The fourth-order valence-corrected chi connectivity index (χ4v) is 5.41. The van der Waals surface area contributed by atoms with Crippen molar-refractivity contribution in [1.29, 1.82) is 0 Å². The minimum absolute atomic E-state index is 0.0299. The predicted octanol–water partition coefficient (Wildman–Crippen LogP) is 5.13. The van der Waals surface area contributed by atoms with E-state index in [0.29, 0.717) is 29.1 Å². The molecule has 8 nitrogen and oxygen atoms in total. The third-order valence-corrected chi connectivity index (χ3v) is 8.26. The summed E-state index contributed by atoms with van der Waals surface area (Å²) in [5.41, 5.74) is 1.90. The monoisotopic (exact) mass is 617 g/mol. The van der Waals surface area contributed by atoms with Gasteiger partial charge in [0.25, 0.3) is 0 Å². The lowest BCUT2D eigenvalue weighted by Crippen LogP contribution is -2.53. The number of hydrogen-bond acceptors (Lipinski definition) is 5. The van der Waals surface area contributed by atoms with E-state index in [4.69, 9.17) is 23.2 Å². The third kappa shape index (κ3) is 9.05. The van der Waals surface area contributed by atoms with E-state index in [1.54, 1.807) is 30.3 Å². The second-order valence-corrected chi connectivity index (χ2v) is 12.4. The third-order valence-electron chi connectivity index (χ3n) is 6.38. The molecule has 0 aliphatic carbocycles. The van der Waals surface area contributed by atoms with Crippen molar-refractivity contribution in [2.45, 2.75) is 39.3 Å². The number of ketones is 1. The maximum atomic E-state index is 14.1. The van der Waals surface area contributed by atoms with Crippen LogP contribution < -0.4 is 9.62 Å². The number of sulfonamides is 1. The Morgan fingerprint density at radius 3 is 2.22 bits per heavy atom. The first-order valence-corrected chi connectivity index (χ1v) is 15.6. The normalized spacial score (nSPS) is 11.9. The van der Waals surface area contributed by atoms with Crippen molar-refractivity contribution in [1.82, 2.24) is 10.2 Å². The lowest BCUT2D eigenvalue weighted by atomic mass is 10.0. The molecular weight excluding hydrogens is 585 g/mol. The molecule has 0 radical (unpaired) electrons. The van der Waals surface area contributed by atoms with E-state index in [-0.39, 0.29) is 35.4 Å². The number of rotatable bonds is 13. The maximum absolute atomic E-state index is 14.1. The molecule has 0 fully saturated rings. The molecule has 0 spiro atoms. The minimum Gasteiger partial charge on any atom is -0.354 e. The van der Waals surface area contributed by atoms with Crippen LogP contribution in [0, 0.1) is 0 Å². The van der Waals surface area contributed by atoms with Crippen molar-refractivity contribution in [2.24, 2.45) is 0 Å². The molecule has 1 unspecified atom stereocenters. The number of carbonyl (C=O) groups is 3. The Labute approximate surface area is 251 Å². The second-order valence-electron chi connectivity index (χ2n) is 9.64. The van der Waals surface area contributed by atoms with Gasteiger partial charge in [-0.15, -0.1) is 0 Å². The van der Waals surface area contributed by atoms with Gasteiger partial charge in [-0.1, -0.05) is 78.7 Å². The van der Waals surface area contributed by atoms with E-state index in [2.05, 4.69) is 5.32 Å². The molecule has 0 saturated carbocycles. The Hall–Kier alpha value is -3.40. The van der Waals surface area contributed by atoms with Crippen molar-refractivity contribution in [3.63, 3.8) is 0 Å². The lowest BCUT2D eigenvalue weighted by Gasteiger charge is -2.33. The lowest BCUT2D eigenvalue weighted by molar-refractivity contribution is -0.140. The number of nitrogens with zero attached hydrogens (tertiary/aromatic N) is 2. The van der Waals surface area contributed by atoms with Gasteiger partial charge in [0.1, 0.15) is 12.6 Å². The maximum Gasteiger partial charge on any atom is 0.244 e. The SMILES string of the molecule is CCCNC(=O)C(Cc1ccccc1)N(Cc1ccc(Cl)c(Cl)c1)C(=O)CN(c1cccc(C(C)=O)c1)S(C)(=O)=O. The summed E-state index contributed by atoms with van der Waals surface area (Å²) < 4.78 is 26.8. The molecule has 0 aliphatic rings. The van der Waals surface area contributed by atoms with Crippen molar-refractivity contribution in [3.05, 3.63) is 99.5 Å². The smallest absolute Gasteiger partial charge is 0.244 e. The molecule has 0 heterocycles. The summed E-state index contributed by atoms with van der Waals surface area (Å²) in [5.74, 6) is -1.22. The first-order valence-electron chi connectivity index (χ1n) is 13.0. The largest absolute Gasteiger partial charge is 0.354 e. The molecule has 11 heteroatoms. The van der Waals surface area contributed by atoms with Gasteiger partial charge >= 0.3 is 0 Å². The highest BCUT2D eigenvalue weighted by Gasteiger charge is 2.33. The zero-order chi connectivity index (χ0) is 30.2. The molecule has 0 aliphatic heterocycles. The fourth-order valence-electron chi connectivity index (χ4n) is 4.25. The molecule has 1 N–H and O–H groups in total. The quantitative estimate of drug-likeness (QED) is 0.268. The van der Waals surface area contributed by atoms with Gasteiger partial charge in [0.15, 0.2) is 5.78 Å². The first kappa shape index (κ1) is 32.1. The number of halogens is 2. The van der Waals surface area contributed by atoms with Crippen LogP contribution in [0.15, 0.2) is 72.8 Å². The zero-order valence-corrected chi connectivity index (χ0v) is 25.5. The van der Waals surface area contributed by atoms with Gasteiger partial charge in [-0.25, -0.2) is 8.42 Å². The average Bonchev–Trinajstić information content (AvgIpc) is 2.94. The number of nitrogens with one attached hydrogen (secondary N) is 1. The predicted molar refractivity (Wildman–Crippen MR) is 163 cm³/mol. The van der Waals surface area contributed by atoms with Crippen LogP contribution in [0.25, 0.3) is 0 Å². The number of Topliss-reactive ketones (excluding diaryl/α,β-unsaturated/α-hetero) is 1. The molecule has 3 aromatic rings. The van der Waals surface area contributed by atoms with E-state index in [1.807, 2.05) is 37.3 Å². The van der Waals surface area contributed by atoms with E-state index < -0.39 is 28.5 Å². The van der Waals surface area contributed by atoms with Crippen LogP contribution >= 0.6 is 23.2 Å². The van der Waals surface area contributed by atoms with Gasteiger partial charge in [-0.05, 0) is 48.7 Å². The Morgan fingerprint density at radius 2 is 1.61 bits per heavy atom. The van der Waals surface area contributed by atoms with Crippen LogP contribution in [0.5, 0.6) is 0 Å². The van der Waals surface area contributed by atoms with Crippen molar-refractivity contribution in [2.75, 3.05) is 23.7 Å². The standard InChI is InChI=1S/C30H33Cl2N3O5S/c1-4-15-33-30(38)28(17-22-9-6-5-7-10-22)34(19-23-13-14-26(31)27(32)16-23)29(37)20-35(41(3,39)40)25-12-8-11-24(18-25)21(2)36/h5-14,16,18,28H,4,15,17,19-20H2,1-3H3,(H,33,38). The Morgan fingerprint density at radius 1 is 0.902 bits per heavy atom. The van der Waals surface area contributed by atoms with Crippen LogP contribution in [0.2, 0.25) is 10.0 Å². The van der Waals surface area contributed by atoms with Gasteiger partial charge in [-0.3, -0.25) is 18.7 Å². The molecular formula is C30H33Cl2N3O5S. The molecule has 0 bridgehead atoms. The first-order chi connectivity index (χ1) is 19.4. The Balaban J connectivity index is 2.08. The fraction of sp³-hybridized carbons (Fsp3) is 0.300. The van der Waals surface area contributed by atoms with Crippen LogP contribution in [-0.4, -0.2) is 56.3 Å². The highest BCUT2D eigenvalue weighted by molar-refractivity contribution is 7.92. The van der Waals surface area contributed by atoms with E-state index in [0.717, 1.165) is 16.1 Å². The van der Waals surface area contributed by atoms with Gasteiger partial charge in [0.2, 0.25) is 21.8 Å². The van der Waals surface area contributed by atoms with Gasteiger partial charge < -0.3 is 10.2 Å². The molecule has 218 valence electrons. The topological polar surface area (TPSA) is 104 Å². The summed E-state index contributed by atoms with van der Waals surface area (Å²) in [5, 5.41) is 3.50. The number of anilines is 1. The molecule has 0 aromatic heterocycles. The number of benzene rings is 3.